The van der Waals surface area contributed by atoms with E-state index in [1.165, 1.54) is 0 Å². The maximum absolute atomic E-state index is 13.2. The molecule has 0 atom stereocenters. The molecule has 3 heteroatoms. The lowest BCUT2D eigenvalue weighted by molar-refractivity contribution is -0.124. The molecule has 0 N–H and O–H groups in total. The fraction of sp³-hybridized carbons (Fsp3) is 0.125. The largest absolute Gasteiger partial charge is 0.497 e. The maximum atomic E-state index is 13.2. The van der Waals surface area contributed by atoms with Gasteiger partial charge >= 0.3 is 0 Å². The zero-order valence-electron chi connectivity index (χ0n) is 15.6. The molecule has 3 aromatic carbocycles. The number of methoxy groups -OCH3 is 1. The number of nitrogens with zero attached hydrogens (tertiary/aromatic N) is 1. The first-order valence-corrected chi connectivity index (χ1v) is 8.88. The van der Waals surface area contributed by atoms with Gasteiger partial charge in [0.1, 0.15) is 5.75 Å². The molecule has 0 radical (unpaired) electrons. The van der Waals surface area contributed by atoms with Gasteiger partial charge in [0.25, 0.3) is 5.91 Å². The third-order valence-corrected chi connectivity index (χ3v) is 4.35. The molecule has 3 nitrogen and oxygen atoms in total. The summed E-state index contributed by atoms with van der Waals surface area (Å²) in [6.07, 6.45) is 1.93. The first kappa shape index (κ1) is 18.5. The molecule has 0 saturated heterocycles. The fourth-order valence-corrected chi connectivity index (χ4v) is 2.89. The Hall–Kier alpha value is -3.33. The minimum Gasteiger partial charge on any atom is -0.497 e. The Kier molecular flexibility index (Phi) is 6.06. The highest BCUT2D eigenvalue weighted by molar-refractivity contribution is 6.24. The number of ether oxygens (including phenoxy) is 1. The second-order valence-electron chi connectivity index (χ2n) is 6.34. The summed E-state index contributed by atoms with van der Waals surface area (Å²) in [6, 6.07) is 27.5. The van der Waals surface area contributed by atoms with E-state index in [2.05, 4.69) is 0 Å². The lowest BCUT2D eigenvalue weighted by Crippen LogP contribution is -2.27. The van der Waals surface area contributed by atoms with Gasteiger partial charge in [-0.2, -0.15) is 0 Å². The van der Waals surface area contributed by atoms with Crippen molar-refractivity contribution < 1.29 is 9.53 Å². The fourth-order valence-electron chi connectivity index (χ4n) is 2.89. The van der Waals surface area contributed by atoms with Gasteiger partial charge < -0.3 is 9.64 Å². The third kappa shape index (κ3) is 4.85. The molecule has 0 fully saturated rings. The van der Waals surface area contributed by atoms with E-state index in [1.807, 2.05) is 98.1 Å². The Balaban J connectivity index is 1.91. The number of carbonyl (C=O) groups excluding carboxylic acids is 1. The van der Waals surface area contributed by atoms with Crippen LogP contribution in [0.25, 0.3) is 11.6 Å². The quantitative estimate of drug-likeness (QED) is 0.464. The molecule has 0 heterocycles. The molecule has 136 valence electrons. The average molecular weight is 357 g/mol. The molecular weight excluding hydrogens is 334 g/mol. The second-order valence-corrected chi connectivity index (χ2v) is 6.34. The van der Waals surface area contributed by atoms with E-state index >= 15 is 0 Å². The number of hydrogen-bond donors (Lipinski definition) is 0. The maximum Gasteiger partial charge on any atom is 0.254 e. The molecule has 0 spiro atoms. The monoisotopic (exact) mass is 357 g/mol. The minimum absolute atomic E-state index is 0.0131. The molecule has 3 aromatic rings. The highest BCUT2D eigenvalue weighted by Gasteiger charge is 2.17. The van der Waals surface area contributed by atoms with Crippen molar-refractivity contribution in [2.24, 2.45) is 0 Å². The number of amides is 1. The summed E-state index contributed by atoms with van der Waals surface area (Å²) < 4.78 is 5.22. The van der Waals surface area contributed by atoms with Gasteiger partial charge in [-0.1, -0.05) is 72.8 Å². The van der Waals surface area contributed by atoms with Crippen LogP contribution in [-0.4, -0.2) is 25.0 Å². The standard InChI is InChI=1S/C24H23NO2/c1-25(18-20-9-5-3-6-10-20)24(26)23(21-11-7-4-8-12-21)17-19-13-15-22(27-2)16-14-19/h3-17H,18H2,1-2H3/b23-17+. The molecule has 0 aliphatic rings. The molecule has 0 aliphatic heterocycles. The van der Waals surface area contributed by atoms with Gasteiger partial charge in [-0.15, -0.1) is 0 Å². The predicted molar refractivity (Wildman–Crippen MR) is 110 cm³/mol. The smallest absolute Gasteiger partial charge is 0.254 e. The molecule has 27 heavy (non-hydrogen) atoms. The van der Waals surface area contributed by atoms with Gasteiger partial charge in [0, 0.05) is 19.2 Å². The third-order valence-electron chi connectivity index (χ3n) is 4.35. The Morgan fingerprint density at radius 2 is 1.48 bits per heavy atom. The van der Waals surface area contributed by atoms with Crippen LogP contribution in [0.5, 0.6) is 5.75 Å². The van der Waals surface area contributed by atoms with Crippen LogP contribution in [-0.2, 0) is 11.3 Å². The van der Waals surface area contributed by atoms with Crippen molar-refractivity contribution in [3.8, 4) is 5.75 Å². The van der Waals surface area contributed by atoms with E-state index in [0.29, 0.717) is 12.1 Å². The zero-order valence-corrected chi connectivity index (χ0v) is 15.6. The lowest BCUT2D eigenvalue weighted by Gasteiger charge is -2.19. The first-order valence-electron chi connectivity index (χ1n) is 8.88. The molecule has 1 amide bonds. The minimum atomic E-state index is -0.0131. The van der Waals surface area contributed by atoms with Crippen LogP contribution >= 0.6 is 0 Å². The zero-order chi connectivity index (χ0) is 19.1. The van der Waals surface area contributed by atoms with E-state index in [1.54, 1.807) is 12.0 Å². The van der Waals surface area contributed by atoms with Crippen molar-refractivity contribution >= 4 is 17.6 Å². The van der Waals surface area contributed by atoms with Crippen LogP contribution in [0.1, 0.15) is 16.7 Å². The van der Waals surface area contributed by atoms with E-state index < -0.39 is 0 Å². The van der Waals surface area contributed by atoms with Gasteiger partial charge in [0.05, 0.1) is 7.11 Å². The molecule has 0 saturated carbocycles. The number of carbonyl (C=O) groups is 1. The van der Waals surface area contributed by atoms with Crippen LogP contribution in [0.15, 0.2) is 84.9 Å². The van der Waals surface area contributed by atoms with Crippen molar-refractivity contribution in [2.45, 2.75) is 6.54 Å². The van der Waals surface area contributed by atoms with Crippen LogP contribution in [0.3, 0.4) is 0 Å². The average Bonchev–Trinajstić information content (AvgIpc) is 2.73. The summed E-state index contributed by atoms with van der Waals surface area (Å²) in [6.45, 7) is 0.562. The SMILES string of the molecule is COc1ccc(/C=C(/C(=O)N(C)Cc2ccccc2)c2ccccc2)cc1. The Morgan fingerprint density at radius 1 is 0.889 bits per heavy atom. The molecule has 3 rings (SSSR count). The van der Waals surface area contributed by atoms with Gasteiger partial charge in [0.2, 0.25) is 0 Å². The van der Waals surface area contributed by atoms with Crippen LogP contribution < -0.4 is 4.74 Å². The lowest BCUT2D eigenvalue weighted by atomic mass is 10.0. The highest BCUT2D eigenvalue weighted by Crippen LogP contribution is 2.22. The number of hydrogen-bond acceptors (Lipinski definition) is 2. The first-order chi connectivity index (χ1) is 13.2. The number of rotatable bonds is 6. The highest BCUT2D eigenvalue weighted by atomic mass is 16.5. The van der Waals surface area contributed by atoms with E-state index in [9.17, 15) is 4.79 Å². The topological polar surface area (TPSA) is 29.5 Å². The molecule has 0 aliphatic carbocycles. The van der Waals surface area contributed by atoms with E-state index in [0.717, 1.165) is 22.4 Å². The summed E-state index contributed by atoms with van der Waals surface area (Å²) in [5.41, 5.74) is 3.62. The van der Waals surface area contributed by atoms with Gasteiger partial charge in [-0.05, 0) is 34.9 Å². The number of benzene rings is 3. The Labute approximate surface area is 160 Å². The van der Waals surface area contributed by atoms with Crippen LogP contribution in [0, 0.1) is 0 Å². The van der Waals surface area contributed by atoms with Crippen molar-refractivity contribution in [1.29, 1.82) is 0 Å². The second kappa shape index (κ2) is 8.86. The van der Waals surface area contributed by atoms with Gasteiger partial charge in [-0.3, -0.25) is 4.79 Å². The molecule has 0 bridgehead atoms. The molecule has 0 unspecified atom stereocenters. The molecular formula is C24H23NO2. The summed E-state index contributed by atoms with van der Waals surface area (Å²) in [7, 11) is 3.47. The van der Waals surface area contributed by atoms with Crippen molar-refractivity contribution in [3.05, 3.63) is 102 Å². The predicted octanol–water partition coefficient (Wildman–Crippen LogP) is 4.89. The van der Waals surface area contributed by atoms with Crippen LogP contribution in [0.2, 0.25) is 0 Å². The van der Waals surface area contributed by atoms with Crippen LogP contribution in [0.4, 0.5) is 0 Å². The summed E-state index contributed by atoms with van der Waals surface area (Å²) >= 11 is 0. The normalized spacial score (nSPS) is 11.1. The van der Waals surface area contributed by atoms with Crippen molar-refractivity contribution in [3.63, 3.8) is 0 Å². The summed E-state index contributed by atoms with van der Waals surface area (Å²) in [4.78, 5) is 15.0. The van der Waals surface area contributed by atoms with Crippen molar-refractivity contribution in [2.75, 3.05) is 14.2 Å². The Bertz CT molecular complexity index is 900. The van der Waals surface area contributed by atoms with E-state index in [4.69, 9.17) is 4.74 Å². The molecule has 0 aromatic heterocycles. The summed E-state index contributed by atoms with van der Waals surface area (Å²) in [5, 5.41) is 0. The number of likely N-dealkylation sites (N-methyl/N-ethyl adjacent to an activating group) is 1. The van der Waals surface area contributed by atoms with Gasteiger partial charge in [0.15, 0.2) is 0 Å². The Morgan fingerprint density at radius 3 is 2.07 bits per heavy atom. The van der Waals surface area contributed by atoms with Gasteiger partial charge in [-0.25, -0.2) is 0 Å². The summed E-state index contributed by atoms with van der Waals surface area (Å²) in [5.74, 6) is 0.779. The van der Waals surface area contributed by atoms with E-state index in [-0.39, 0.29) is 5.91 Å². The van der Waals surface area contributed by atoms with Crippen molar-refractivity contribution in [1.82, 2.24) is 4.90 Å².